The molecule has 0 saturated carbocycles. The molecule has 1 aromatic heterocycles. The molecule has 3 N–H and O–H groups in total. The van der Waals surface area contributed by atoms with Crippen molar-refractivity contribution in [1.29, 1.82) is 0 Å². The third-order valence-electron chi connectivity index (χ3n) is 4.43. The summed E-state index contributed by atoms with van der Waals surface area (Å²) in [5.41, 5.74) is 1.39. The minimum atomic E-state index is -0.974. The Morgan fingerprint density at radius 3 is 2.54 bits per heavy atom. The van der Waals surface area contributed by atoms with Crippen molar-refractivity contribution in [3.8, 4) is 11.5 Å². The smallest absolute Gasteiger partial charge is 0.303 e. The second-order valence-corrected chi connectivity index (χ2v) is 6.39. The van der Waals surface area contributed by atoms with Gasteiger partial charge in [0.15, 0.2) is 0 Å². The Kier molecular flexibility index (Phi) is 7.28. The van der Waals surface area contributed by atoms with E-state index in [-0.39, 0.29) is 38.3 Å². The lowest BCUT2D eigenvalue weighted by molar-refractivity contribution is -0.139. The maximum absolute atomic E-state index is 12.5. The summed E-state index contributed by atoms with van der Waals surface area (Å²) in [5.74, 6) is -0.555. The third-order valence-corrected chi connectivity index (χ3v) is 4.43. The number of oxazole rings is 1. The van der Waals surface area contributed by atoms with Crippen LogP contribution < -0.4 is 0 Å². The summed E-state index contributed by atoms with van der Waals surface area (Å²) in [7, 11) is 0. The van der Waals surface area contributed by atoms with Gasteiger partial charge in [-0.3, -0.25) is 14.4 Å². The number of carboxylic acids is 1. The number of aliphatic hydroxyl groups is 1. The number of amides is 1. The molecule has 2 aromatic rings. The SMILES string of the molecule is Cc1oc(-c2ccccc2)nc1CC(=O)N1C[C@@H](CC(=O)O)[C@H](O)C1.O=CO. The predicted molar refractivity (Wildman–Crippen MR) is 97.4 cm³/mol. The minimum absolute atomic E-state index is 0.0642. The van der Waals surface area contributed by atoms with E-state index in [1.54, 1.807) is 6.92 Å². The van der Waals surface area contributed by atoms with Gasteiger partial charge in [-0.1, -0.05) is 18.2 Å². The molecule has 1 fully saturated rings. The highest BCUT2D eigenvalue weighted by Gasteiger charge is 2.35. The molecule has 3 rings (SSSR count). The van der Waals surface area contributed by atoms with E-state index < -0.39 is 18.0 Å². The second-order valence-electron chi connectivity index (χ2n) is 6.39. The van der Waals surface area contributed by atoms with E-state index in [0.29, 0.717) is 17.3 Å². The lowest BCUT2D eigenvalue weighted by Crippen LogP contribution is -2.31. The maximum Gasteiger partial charge on any atom is 0.303 e. The lowest BCUT2D eigenvalue weighted by atomic mass is 10.0. The molecule has 1 saturated heterocycles. The Morgan fingerprint density at radius 2 is 1.93 bits per heavy atom. The van der Waals surface area contributed by atoms with Crippen LogP contribution in [-0.2, 0) is 20.8 Å². The van der Waals surface area contributed by atoms with Crippen molar-refractivity contribution in [2.45, 2.75) is 25.9 Å². The van der Waals surface area contributed by atoms with Gasteiger partial charge in [-0.05, 0) is 19.1 Å². The van der Waals surface area contributed by atoms with Crippen molar-refractivity contribution >= 4 is 18.3 Å². The fraction of sp³-hybridized carbons (Fsp3) is 0.368. The summed E-state index contributed by atoms with van der Waals surface area (Å²) in [4.78, 5) is 37.6. The molecule has 2 heterocycles. The summed E-state index contributed by atoms with van der Waals surface area (Å²) in [6.07, 6.45) is -0.890. The molecule has 28 heavy (non-hydrogen) atoms. The molecular weight excluding hydrogens is 368 g/mol. The molecule has 1 aromatic carbocycles. The fourth-order valence-corrected chi connectivity index (χ4v) is 3.03. The number of carbonyl (C=O) groups excluding carboxylic acids is 1. The van der Waals surface area contributed by atoms with E-state index in [1.165, 1.54) is 4.90 Å². The van der Waals surface area contributed by atoms with E-state index >= 15 is 0 Å². The average Bonchev–Trinajstić information content (AvgIpc) is 3.19. The maximum atomic E-state index is 12.5. The zero-order chi connectivity index (χ0) is 20.7. The van der Waals surface area contributed by atoms with Crippen LogP contribution >= 0.6 is 0 Å². The van der Waals surface area contributed by atoms with E-state index in [4.69, 9.17) is 19.4 Å². The van der Waals surface area contributed by atoms with Crippen LogP contribution in [0.2, 0.25) is 0 Å². The number of hydrogen-bond donors (Lipinski definition) is 3. The third kappa shape index (κ3) is 5.40. The van der Waals surface area contributed by atoms with Gasteiger partial charge in [0.2, 0.25) is 11.8 Å². The number of nitrogens with zero attached hydrogens (tertiary/aromatic N) is 2. The van der Waals surface area contributed by atoms with Crippen molar-refractivity contribution in [2.24, 2.45) is 5.92 Å². The van der Waals surface area contributed by atoms with Crippen LogP contribution in [0, 0.1) is 12.8 Å². The average molecular weight is 390 g/mol. The Morgan fingerprint density at radius 1 is 1.29 bits per heavy atom. The number of hydrogen-bond acceptors (Lipinski definition) is 6. The molecular formula is C19H22N2O7. The van der Waals surface area contributed by atoms with Gasteiger partial charge in [0.25, 0.3) is 6.47 Å². The minimum Gasteiger partial charge on any atom is -0.483 e. The highest BCUT2D eigenvalue weighted by atomic mass is 16.4. The highest BCUT2D eigenvalue weighted by molar-refractivity contribution is 5.79. The Labute approximate surface area is 161 Å². The van der Waals surface area contributed by atoms with E-state index in [0.717, 1.165) is 5.56 Å². The Balaban J connectivity index is 0.000000878. The normalized spacial score (nSPS) is 18.3. The number of carboxylic acid groups (broad SMARTS) is 2. The predicted octanol–water partition coefficient (Wildman–Crippen LogP) is 1.19. The first-order valence-corrected chi connectivity index (χ1v) is 8.62. The van der Waals surface area contributed by atoms with Crippen LogP contribution in [0.4, 0.5) is 0 Å². The molecule has 150 valence electrons. The zero-order valence-corrected chi connectivity index (χ0v) is 15.3. The van der Waals surface area contributed by atoms with Crippen LogP contribution in [0.25, 0.3) is 11.5 Å². The van der Waals surface area contributed by atoms with Crippen LogP contribution in [0.3, 0.4) is 0 Å². The van der Waals surface area contributed by atoms with Gasteiger partial charge in [-0.15, -0.1) is 0 Å². The number of aliphatic carboxylic acids is 1. The summed E-state index contributed by atoms with van der Waals surface area (Å²) in [6.45, 7) is 1.90. The summed E-state index contributed by atoms with van der Waals surface area (Å²) >= 11 is 0. The molecule has 0 spiro atoms. The number of likely N-dealkylation sites (tertiary alicyclic amines) is 1. The van der Waals surface area contributed by atoms with Crippen LogP contribution in [0.15, 0.2) is 34.7 Å². The lowest BCUT2D eigenvalue weighted by Gasteiger charge is -2.15. The molecule has 0 radical (unpaired) electrons. The van der Waals surface area contributed by atoms with Gasteiger partial charge in [-0.2, -0.15) is 0 Å². The monoisotopic (exact) mass is 390 g/mol. The summed E-state index contributed by atoms with van der Waals surface area (Å²) < 4.78 is 5.65. The van der Waals surface area contributed by atoms with Gasteiger partial charge >= 0.3 is 5.97 Å². The largest absolute Gasteiger partial charge is 0.483 e. The number of aryl methyl sites for hydroxylation is 1. The van der Waals surface area contributed by atoms with Gasteiger partial charge in [0.1, 0.15) is 5.76 Å². The van der Waals surface area contributed by atoms with Crippen molar-refractivity contribution in [2.75, 3.05) is 13.1 Å². The number of carbonyl (C=O) groups is 3. The fourth-order valence-electron chi connectivity index (χ4n) is 3.03. The van der Waals surface area contributed by atoms with Crippen molar-refractivity contribution in [3.05, 3.63) is 41.8 Å². The van der Waals surface area contributed by atoms with E-state index in [1.807, 2.05) is 30.3 Å². The molecule has 1 aliphatic heterocycles. The number of β-amino-alcohol motifs (C(OH)–C–C–N with tert-alkyl or cyclic N) is 1. The Bertz CT molecular complexity index is 819. The first-order chi connectivity index (χ1) is 13.3. The van der Waals surface area contributed by atoms with Gasteiger partial charge in [0.05, 0.1) is 24.6 Å². The number of aliphatic hydroxyl groups excluding tert-OH is 1. The molecule has 0 unspecified atom stereocenters. The number of rotatable bonds is 5. The summed E-state index contributed by atoms with van der Waals surface area (Å²) in [5, 5.41) is 25.7. The van der Waals surface area contributed by atoms with Crippen molar-refractivity contribution in [3.63, 3.8) is 0 Å². The second kappa shape index (κ2) is 9.65. The molecule has 2 atom stereocenters. The standard InChI is InChI=1S/C18H20N2O5.CH2O2/c1-11-14(19-18(25-11)12-5-3-2-4-6-12)8-16(22)20-9-13(7-17(23)24)15(21)10-20;2-1-3/h2-6,13,15,21H,7-10H2,1H3,(H,23,24);1H,(H,2,3)/t13-,15-;/m1./s1. The van der Waals surface area contributed by atoms with Crippen molar-refractivity contribution < 1.29 is 34.1 Å². The van der Waals surface area contributed by atoms with Crippen molar-refractivity contribution in [1.82, 2.24) is 9.88 Å². The molecule has 9 heteroatoms. The van der Waals surface area contributed by atoms with E-state index in [9.17, 15) is 14.7 Å². The first-order valence-electron chi connectivity index (χ1n) is 8.62. The van der Waals surface area contributed by atoms with Crippen LogP contribution in [0.5, 0.6) is 0 Å². The Hall–Kier alpha value is -3.20. The summed E-state index contributed by atoms with van der Waals surface area (Å²) in [6, 6.07) is 9.42. The molecule has 9 nitrogen and oxygen atoms in total. The van der Waals surface area contributed by atoms with Gasteiger partial charge < -0.3 is 24.6 Å². The van der Waals surface area contributed by atoms with Crippen LogP contribution in [0.1, 0.15) is 17.9 Å². The number of benzene rings is 1. The molecule has 1 amide bonds. The molecule has 0 bridgehead atoms. The van der Waals surface area contributed by atoms with E-state index in [2.05, 4.69) is 4.98 Å². The molecule has 0 aliphatic carbocycles. The zero-order valence-electron chi connectivity index (χ0n) is 15.3. The number of aromatic nitrogens is 1. The molecule has 1 aliphatic rings. The topological polar surface area (TPSA) is 141 Å². The highest BCUT2D eigenvalue weighted by Crippen LogP contribution is 2.24. The van der Waals surface area contributed by atoms with Crippen LogP contribution in [-0.4, -0.2) is 62.7 Å². The first kappa shape index (κ1) is 21.1. The quantitative estimate of drug-likeness (QED) is 0.647. The van der Waals surface area contributed by atoms with Gasteiger partial charge in [0, 0.05) is 24.6 Å². The van der Waals surface area contributed by atoms with Gasteiger partial charge in [-0.25, -0.2) is 4.98 Å².